The van der Waals surface area contributed by atoms with E-state index >= 15 is 0 Å². The number of imidazole rings is 1. The van der Waals surface area contributed by atoms with E-state index < -0.39 is 0 Å². The van der Waals surface area contributed by atoms with Crippen molar-refractivity contribution < 1.29 is 9.53 Å². The summed E-state index contributed by atoms with van der Waals surface area (Å²) in [4.78, 5) is 31.2. The Bertz CT molecular complexity index is 1540. The van der Waals surface area contributed by atoms with Gasteiger partial charge >= 0.3 is 0 Å². The second kappa shape index (κ2) is 13.9. The molecule has 11 nitrogen and oxygen atoms in total. The predicted octanol–water partition coefficient (Wildman–Crippen LogP) is 3.52. The molecule has 0 atom stereocenters. The summed E-state index contributed by atoms with van der Waals surface area (Å²) in [5.74, 6) is 0.759. The van der Waals surface area contributed by atoms with Crippen molar-refractivity contribution in [1.29, 1.82) is 0 Å². The largest absolute Gasteiger partial charge is 0.377 e. The van der Waals surface area contributed by atoms with Crippen LogP contribution in [0.3, 0.4) is 0 Å². The molecule has 3 fully saturated rings. The van der Waals surface area contributed by atoms with Gasteiger partial charge in [-0.2, -0.15) is 0 Å². The van der Waals surface area contributed by atoms with Crippen LogP contribution in [0.25, 0.3) is 11.2 Å². The molecule has 0 radical (unpaired) electrons. The highest BCUT2D eigenvalue weighted by atomic mass is 16.5. The molecule has 2 aromatic carbocycles. The van der Waals surface area contributed by atoms with Crippen LogP contribution < -0.4 is 20.9 Å². The van der Waals surface area contributed by atoms with Gasteiger partial charge in [-0.25, -0.2) is 15.0 Å². The van der Waals surface area contributed by atoms with E-state index in [2.05, 4.69) is 69.5 Å². The smallest absolute Gasteiger partial charge is 0.224 e. The Kier molecular flexibility index (Phi) is 9.17. The van der Waals surface area contributed by atoms with E-state index in [-0.39, 0.29) is 18.0 Å². The van der Waals surface area contributed by atoms with Crippen molar-refractivity contribution in [3.8, 4) is 0 Å². The first-order valence-corrected chi connectivity index (χ1v) is 16.4. The van der Waals surface area contributed by atoms with E-state index in [0.717, 1.165) is 101 Å². The first-order valence-electron chi connectivity index (χ1n) is 16.4. The SMILES string of the molecule is O=C(Cc1ccccc1)NC1CC(n2cnc3c(Nc4ccc(N5CCN(CCOC6CCNCC6)CC5)cc4)ncnc32)C1. The Morgan fingerprint density at radius 2 is 1.71 bits per heavy atom. The van der Waals surface area contributed by atoms with Crippen molar-refractivity contribution in [2.45, 2.75) is 50.3 Å². The molecule has 236 valence electrons. The van der Waals surface area contributed by atoms with E-state index in [4.69, 9.17) is 4.74 Å². The minimum Gasteiger partial charge on any atom is -0.377 e. The number of anilines is 3. The van der Waals surface area contributed by atoms with Gasteiger partial charge in [0.1, 0.15) is 6.33 Å². The molecule has 2 aromatic heterocycles. The van der Waals surface area contributed by atoms with Crippen LogP contribution in [0.5, 0.6) is 0 Å². The van der Waals surface area contributed by atoms with E-state index in [1.165, 1.54) is 5.69 Å². The molecule has 1 aliphatic carbocycles. The van der Waals surface area contributed by atoms with E-state index in [0.29, 0.717) is 18.3 Å². The zero-order valence-corrected chi connectivity index (χ0v) is 25.8. The fraction of sp³-hybridized carbons (Fsp3) is 0.471. The van der Waals surface area contributed by atoms with Crippen LogP contribution in [-0.2, 0) is 16.0 Å². The van der Waals surface area contributed by atoms with E-state index in [1.54, 1.807) is 6.33 Å². The normalized spacial score (nSPS) is 21.0. The molecule has 1 amide bonds. The van der Waals surface area contributed by atoms with Crippen LogP contribution in [0.1, 0.15) is 37.3 Å². The molecular weight excluding hydrogens is 566 g/mol. The Morgan fingerprint density at radius 1 is 0.933 bits per heavy atom. The molecule has 3 aliphatic rings. The van der Waals surface area contributed by atoms with Crippen molar-refractivity contribution in [3.63, 3.8) is 0 Å². The highest BCUT2D eigenvalue weighted by Crippen LogP contribution is 2.35. The highest BCUT2D eigenvalue weighted by molar-refractivity contribution is 5.85. The molecule has 0 unspecified atom stereocenters. The van der Waals surface area contributed by atoms with Crippen molar-refractivity contribution in [1.82, 2.24) is 35.1 Å². The standard InChI is InChI=1S/C34H43N9O2/c44-31(20-25-4-2-1-3-5-25)39-27-21-29(22-27)43-24-38-32-33(36-23-37-34(32)43)40-26-6-8-28(9-7-26)42-16-14-41(15-17-42)18-19-45-30-10-12-35-13-11-30/h1-9,23-24,27,29-30,35H,10-22H2,(H,39,44)(H,36,37,40). The zero-order valence-electron chi connectivity index (χ0n) is 25.8. The zero-order chi connectivity index (χ0) is 30.4. The number of fused-ring (bicyclic) bond motifs is 1. The summed E-state index contributed by atoms with van der Waals surface area (Å²) in [6.45, 7) is 8.13. The van der Waals surface area contributed by atoms with Crippen LogP contribution in [0.2, 0.25) is 0 Å². The first kappa shape index (κ1) is 29.6. The molecule has 0 bridgehead atoms. The summed E-state index contributed by atoms with van der Waals surface area (Å²) in [6, 6.07) is 18.8. The second-order valence-electron chi connectivity index (χ2n) is 12.4. The van der Waals surface area contributed by atoms with E-state index in [1.807, 2.05) is 36.7 Å². The molecule has 3 N–H and O–H groups in total. The van der Waals surface area contributed by atoms with Gasteiger partial charge in [0.05, 0.1) is 25.5 Å². The van der Waals surface area contributed by atoms with E-state index in [9.17, 15) is 4.79 Å². The van der Waals surface area contributed by atoms with Crippen molar-refractivity contribution in [2.75, 3.05) is 62.6 Å². The second-order valence-corrected chi connectivity index (χ2v) is 12.4. The van der Waals surface area contributed by atoms with Crippen molar-refractivity contribution in [2.24, 2.45) is 0 Å². The number of amides is 1. The molecule has 1 saturated carbocycles. The summed E-state index contributed by atoms with van der Waals surface area (Å²) >= 11 is 0. The number of aromatic nitrogens is 4. The average Bonchev–Trinajstić information content (AvgIpc) is 3.49. The number of carbonyl (C=O) groups excluding carboxylic acids is 1. The number of carbonyl (C=O) groups is 1. The molecule has 2 saturated heterocycles. The fourth-order valence-electron chi connectivity index (χ4n) is 6.64. The number of nitrogens with zero attached hydrogens (tertiary/aromatic N) is 6. The predicted molar refractivity (Wildman–Crippen MR) is 176 cm³/mol. The maximum Gasteiger partial charge on any atom is 0.224 e. The van der Waals surface area contributed by atoms with Crippen molar-refractivity contribution >= 4 is 34.3 Å². The third-order valence-corrected chi connectivity index (χ3v) is 9.35. The third-order valence-electron chi connectivity index (χ3n) is 9.35. The lowest BCUT2D eigenvalue weighted by Gasteiger charge is -2.36. The summed E-state index contributed by atoms with van der Waals surface area (Å²) < 4.78 is 8.23. The van der Waals surface area contributed by atoms with Gasteiger partial charge in [0, 0.05) is 56.2 Å². The molecule has 2 aliphatic heterocycles. The quantitative estimate of drug-likeness (QED) is 0.235. The Balaban J connectivity index is 0.886. The number of benzene rings is 2. The summed E-state index contributed by atoms with van der Waals surface area (Å²) in [5, 5.41) is 10.0. The topological polar surface area (TPSA) is 112 Å². The lowest BCUT2D eigenvalue weighted by molar-refractivity contribution is -0.121. The monoisotopic (exact) mass is 609 g/mol. The molecule has 4 aromatic rings. The number of piperazine rings is 1. The lowest BCUT2D eigenvalue weighted by Crippen LogP contribution is -2.47. The number of hydrogen-bond donors (Lipinski definition) is 3. The van der Waals surface area contributed by atoms with Crippen molar-refractivity contribution in [3.05, 3.63) is 72.8 Å². The van der Waals surface area contributed by atoms with Gasteiger partial charge in [-0.05, 0) is 68.6 Å². The maximum atomic E-state index is 12.5. The first-order chi connectivity index (χ1) is 22.2. The Labute approximate surface area is 264 Å². The molecule has 11 heteroatoms. The molecule has 45 heavy (non-hydrogen) atoms. The van der Waals surface area contributed by atoms with Crippen LogP contribution in [-0.4, -0.2) is 94.9 Å². The van der Waals surface area contributed by atoms with Gasteiger partial charge in [0.25, 0.3) is 0 Å². The molecule has 7 rings (SSSR count). The Morgan fingerprint density at radius 3 is 2.49 bits per heavy atom. The number of rotatable bonds is 11. The van der Waals surface area contributed by atoms with Crippen LogP contribution >= 0.6 is 0 Å². The summed E-state index contributed by atoms with van der Waals surface area (Å²) in [6.07, 6.45) is 8.25. The number of ether oxygens (including phenoxy) is 1. The van der Waals surface area contributed by atoms with Gasteiger partial charge in [-0.15, -0.1) is 0 Å². The number of hydrogen-bond acceptors (Lipinski definition) is 9. The number of nitrogens with one attached hydrogen (secondary N) is 3. The molecule has 4 heterocycles. The highest BCUT2D eigenvalue weighted by Gasteiger charge is 2.33. The lowest BCUT2D eigenvalue weighted by atomic mass is 9.86. The van der Waals surface area contributed by atoms with Crippen LogP contribution in [0.15, 0.2) is 67.3 Å². The van der Waals surface area contributed by atoms with Gasteiger partial charge in [-0.3, -0.25) is 9.69 Å². The third kappa shape index (κ3) is 7.27. The van der Waals surface area contributed by atoms with Crippen LogP contribution in [0.4, 0.5) is 17.2 Å². The average molecular weight is 610 g/mol. The summed E-state index contributed by atoms with van der Waals surface area (Å²) in [5.41, 5.74) is 4.78. The molecule has 0 spiro atoms. The van der Waals surface area contributed by atoms with Crippen LogP contribution in [0, 0.1) is 0 Å². The Hall–Kier alpha value is -4.06. The minimum atomic E-state index is 0.0654. The molecular formula is C34H43N9O2. The van der Waals surface area contributed by atoms with Gasteiger partial charge < -0.3 is 30.2 Å². The minimum absolute atomic E-state index is 0.0654. The van der Waals surface area contributed by atoms with Gasteiger partial charge in [0.15, 0.2) is 17.0 Å². The van der Waals surface area contributed by atoms with Gasteiger partial charge in [0.2, 0.25) is 5.91 Å². The van der Waals surface area contributed by atoms with Gasteiger partial charge in [-0.1, -0.05) is 30.3 Å². The fourth-order valence-corrected chi connectivity index (χ4v) is 6.64. The maximum absolute atomic E-state index is 12.5. The number of piperidine rings is 1. The summed E-state index contributed by atoms with van der Waals surface area (Å²) in [7, 11) is 0.